The van der Waals surface area contributed by atoms with E-state index in [2.05, 4.69) is 10.3 Å². The molecule has 0 saturated carbocycles. The maximum absolute atomic E-state index is 14.5. The largest absolute Gasteiger partial charge is 0.352 e. The molecule has 1 saturated heterocycles. The molecule has 0 radical (unpaired) electrons. The molecule has 7 heteroatoms. The first-order valence-corrected chi connectivity index (χ1v) is 8.05. The van der Waals surface area contributed by atoms with Crippen molar-refractivity contribution in [3.8, 4) is 0 Å². The number of nitrogens with zero attached hydrogens (tertiary/aromatic N) is 3. The third kappa shape index (κ3) is 3.97. The molecule has 0 bridgehead atoms. The van der Waals surface area contributed by atoms with E-state index in [1.165, 1.54) is 13.0 Å². The number of hydrogen-bond donors (Lipinski definition) is 1. The number of carbonyl (C=O) groups is 2. The van der Waals surface area contributed by atoms with Crippen molar-refractivity contribution in [2.24, 2.45) is 0 Å². The fraction of sp³-hybridized carbons (Fsp3) is 0.471. The molecular formula is C17H23FN4O2. The predicted octanol–water partition coefficient (Wildman–Crippen LogP) is 1.76. The fourth-order valence-corrected chi connectivity index (χ4v) is 2.62. The second-order valence-corrected chi connectivity index (χ2v) is 5.74. The molecule has 1 N–H and O–H groups in total. The number of carbonyl (C=O) groups excluding carboxylic acids is 2. The summed E-state index contributed by atoms with van der Waals surface area (Å²) < 4.78 is 14.5. The molecule has 1 aromatic heterocycles. The van der Waals surface area contributed by atoms with Crippen LogP contribution in [0.2, 0.25) is 0 Å². The summed E-state index contributed by atoms with van der Waals surface area (Å²) in [7, 11) is 0. The first-order chi connectivity index (χ1) is 11.5. The zero-order valence-electron chi connectivity index (χ0n) is 14.3. The number of allylic oxidation sites excluding steroid dienone is 1. The highest BCUT2D eigenvalue weighted by atomic mass is 19.1. The molecule has 2 heterocycles. The Balaban J connectivity index is 2.53. The molecule has 130 valence electrons. The van der Waals surface area contributed by atoms with Crippen LogP contribution < -0.4 is 15.1 Å². The minimum Gasteiger partial charge on any atom is -0.352 e. The number of ketones is 1. The molecule has 2 rings (SSSR count). The monoisotopic (exact) mass is 334 g/mol. The van der Waals surface area contributed by atoms with Gasteiger partial charge in [0.05, 0.1) is 5.56 Å². The Hall–Kier alpha value is -2.28. The van der Waals surface area contributed by atoms with Gasteiger partial charge in [-0.3, -0.25) is 9.59 Å². The van der Waals surface area contributed by atoms with Gasteiger partial charge in [-0.2, -0.15) is 0 Å². The number of aromatic nitrogens is 1. The smallest absolute Gasteiger partial charge is 0.167 e. The minimum atomic E-state index is -0.502. The van der Waals surface area contributed by atoms with E-state index in [1.54, 1.807) is 18.0 Å². The predicted molar refractivity (Wildman–Crippen MR) is 92.1 cm³/mol. The van der Waals surface area contributed by atoms with E-state index in [9.17, 15) is 14.0 Å². The molecule has 0 amide bonds. The Morgan fingerprint density at radius 3 is 2.62 bits per heavy atom. The number of rotatable bonds is 6. The Morgan fingerprint density at radius 1 is 1.42 bits per heavy atom. The number of halogens is 1. The summed E-state index contributed by atoms with van der Waals surface area (Å²) in [6.45, 7) is 8.26. The lowest BCUT2D eigenvalue weighted by Gasteiger charge is -2.30. The summed E-state index contributed by atoms with van der Waals surface area (Å²) in [4.78, 5) is 30.9. The summed E-state index contributed by atoms with van der Waals surface area (Å²) in [6, 6.07) is 1.24. The maximum atomic E-state index is 14.5. The van der Waals surface area contributed by atoms with Crippen LogP contribution >= 0.6 is 0 Å². The first kappa shape index (κ1) is 18.1. The molecule has 0 atom stereocenters. The van der Waals surface area contributed by atoms with Crippen molar-refractivity contribution >= 4 is 23.7 Å². The SMILES string of the molecule is CCN(/C=C(\C)C=O)c1nc(N2CCNCC2)c(F)cc1C(C)=O. The number of piperazine rings is 1. The molecule has 1 aromatic rings. The Kier molecular flexibility index (Phi) is 6.03. The van der Waals surface area contributed by atoms with E-state index in [0.717, 1.165) is 19.4 Å². The number of hydrogen-bond acceptors (Lipinski definition) is 6. The summed E-state index contributed by atoms with van der Waals surface area (Å²) in [5.41, 5.74) is 0.712. The van der Waals surface area contributed by atoms with Crippen LogP contribution in [0.1, 0.15) is 31.1 Å². The molecule has 1 fully saturated rings. The van der Waals surface area contributed by atoms with Crippen LogP contribution in [0.5, 0.6) is 0 Å². The molecular weight excluding hydrogens is 311 g/mol. The van der Waals surface area contributed by atoms with Crippen molar-refractivity contribution in [3.63, 3.8) is 0 Å². The van der Waals surface area contributed by atoms with E-state index < -0.39 is 5.82 Å². The van der Waals surface area contributed by atoms with Gasteiger partial charge in [0, 0.05) is 44.5 Å². The summed E-state index contributed by atoms with van der Waals surface area (Å²) in [5, 5.41) is 3.21. The van der Waals surface area contributed by atoms with Crippen LogP contribution in [0, 0.1) is 5.82 Å². The van der Waals surface area contributed by atoms with Crippen molar-refractivity contribution in [1.82, 2.24) is 10.3 Å². The summed E-state index contributed by atoms with van der Waals surface area (Å²) in [6.07, 6.45) is 2.36. The van der Waals surface area contributed by atoms with Crippen molar-refractivity contribution < 1.29 is 14.0 Å². The van der Waals surface area contributed by atoms with E-state index in [0.29, 0.717) is 31.0 Å². The fourth-order valence-electron chi connectivity index (χ4n) is 2.62. The Morgan fingerprint density at radius 2 is 2.08 bits per heavy atom. The van der Waals surface area contributed by atoms with Crippen molar-refractivity contribution in [3.05, 3.63) is 29.2 Å². The highest BCUT2D eigenvalue weighted by Crippen LogP contribution is 2.27. The van der Waals surface area contributed by atoms with Gasteiger partial charge in [0.25, 0.3) is 0 Å². The van der Waals surface area contributed by atoms with Crippen LogP contribution in [0.4, 0.5) is 16.0 Å². The quantitative estimate of drug-likeness (QED) is 0.486. The highest BCUT2D eigenvalue weighted by molar-refractivity contribution is 5.99. The van der Waals surface area contributed by atoms with E-state index in [-0.39, 0.29) is 17.2 Å². The average Bonchev–Trinajstić information content (AvgIpc) is 2.60. The summed E-state index contributed by atoms with van der Waals surface area (Å²) in [5.74, 6) is -0.148. The van der Waals surface area contributed by atoms with Crippen LogP contribution in [0.3, 0.4) is 0 Å². The molecule has 0 unspecified atom stereocenters. The third-order valence-electron chi connectivity index (χ3n) is 3.89. The topological polar surface area (TPSA) is 65.5 Å². The van der Waals surface area contributed by atoms with Gasteiger partial charge in [0.1, 0.15) is 12.1 Å². The van der Waals surface area contributed by atoms with Crippen LogP contribution in [0.15, 0.2) is 17.8 Å². The van der Waals surface area contributed by atoms with Gasteiger partial charge in [-0.1, -0.05) is 0 Å². The zero-order valence-corrected chi connectivity index (χ0v) is 14.3. The molecule has 1 aliphatic rings. The number of pyridine rings is 1. The summed E-state index contributed by atoms with van der Waals surface area (Å²) >= 11 is 0. The molecule has 0 aromatic carbocycles. The normalized spacial score (nSPS) is 15.3. The van der Waals surface area contributed by atoms with E-state index >= 15 is 0 Å². The first-order valence-electron chi connectivity index (χ1n) is 8.05. The maximum Gasteiger partial charge on any atom is 0.167 e. The Labute approximate surface area is 141 Å². The zero-order chi connectivity index (χ0) is 17.7. The number of aldehydes is 1. The van der Waals surface area contributed by atoms with Gasteiger partial charge >= 0.3 is 0 Å². The Bertz CT molecular complexity index is 654. The van der Waals surface area contributed by atoms with Gasteiger partial charge in [0.2, 0.25) is 0 Å². The molecule has 6 nitrogen and oxygen atoms in total. The minimum absolute atomic E-state index is 0.211. The third-order valence-corrected chi connectivity index (χ3v) is 3.89. The number of anilines is 2. The standard InChI is InChI=1S/C17H23FN4O2/c1-4-21(10-12(2)11-23)16-14(13(3)24)9-15(18)17(20-16)22-7-5-19-6-8-22/h9-11,19H,4-8H2,1-3H3/b12-10+. The second-order valence-electron chi connectivity index (χ2n) is 5.74. The van der Waals surface area contributed by atoms with Crippen molar-refractivity contribution in [2.45, 2.75) is 20.8 Å². The lowest BCUT2D eigenvalue weighted by atomic mass is 10.1. The lowest BCUT2D eigenvalue weighted by molar-refractivity contribution is -0.104. The second kappa shape index (κ2) is 8.01. The lowest BCUT2D eigenvalue weighted by Crippen LogP contribution is -2.44. The van der Waals surface area contributed by atoms with Gasteiger partial charge in [-0.25, -0.2) is 9.37 Å². The van der Waals surface area contributed by atoms with Crippen LogP contribution in [-0.2, 0) is 4.79 Å². The van der Waals surface area contributed by atoms with E-state index in [4.69, 9.17) is 0 Å². The average molecular weight is 334 g/mol. The number of Topliss-reactive ketones (excluding diaryl/α,β-unsaturated/α-hetero) is 1. The van der Waals surface area contributed by atoms with Crippen molar-refractivity contribution in [1.29, 1.82) is 0 Å². The van der Waals surface area contributed by atoms with Crippen LogP contribution in [-0.4, -0.2) is 49.8 Å². The van der Waals surface area contributed by atoms with Gasteiger partial charge < -0.3 is 15.1 Å². The van der Waals surface area contributed by atoms with Crippen molar-refractivity contribution in [2.75, 3.05) is 42.5 Å². The van der Waals surface area contributed by atoms with Gasteiger partial charge in [0.15, 0.2) is 17.4 Å². The van der Waals surface area contributed by atoms with Gasteiger partial charge in [-0.15, -0.1) is 0 Å². The van der Waals surface area contributed by atoms with Crippen LogP contribution in [0.25, 0.3) is 0 Å². The van der Waals surface area contributed by atoms with Gasteiger partial charge in [-0.05, 0) is 26.8 Å². The molecule has 0 aliphatic carbocycles. The molecule has 1 aliphatic heterocycles. The molecule has 24 heavy (non-hydrogen) atoms. The van der Waals surface area contributed by atoms with E-state index in [1.807, 2.05) is 11.8 Å². The number of nitrogens with one attached hydrogen (secondary N) is 1. The molecule has 0 spiro atoms. The highest BCUT2D eigenvalue weighted by Gasteiger charge is 2.22.